The molecule has 0 bridgehead atoms. The maximum atomic E-state index is 12.6. The van der Waals surface area contributed by atoms with Gasteiger partial charge in [-0.05, 0) is 61.7 Å². The Hall–Kier alpha value is -2.82. The second-order valence-electron chi connectivity index (χ2n) is 7.04. The summed E-state index contributed by atoms with van der Waals surface area (Å²) in [6.45, 7) is 7.42. The number of methoxy groups -OCH3 is 1. The number of anilines is 2. The van der Waals surface area contributed by atoms with Gasteiger partial charge >= 0.3 is 0 Å². The lowest BCUT2D eigenvalue weighted by molar-refractivity contribution is -0.135. The van der Waals surface area contributed by atoms with Gasteiger partial charge < -0.3 is 15.4 Å². The largest absolute Gasteiger partial charge is 0.497 e. The van der Waals surface area contributed by atoms with Crippen molar-refractivity contribution in [3.05, 3.63) is 54.1 Å². The molecule has 0 spiro atoms. The Morgan fingerprint density at radius 1 is 0.846 bits per heavy atom. The van der Waals surface area contributed by atoms with Gasteiger partial charge in [-0.3, -0.25) is 9.59 Å². The van der Waals surface area contributed by atoms with Crippen molar-refractivity contribution in [2.45, 2.75) is 33.6 Å². The first-order valence-electron chi connectivity index (χ1n) is 8.61. The summed E-state index contributed by atoms with van der Waals surface area (Å²) >= 11 is 0. The van der Waals surface area contributed by atoms with Gasteiger partial charge in [-0.25, -0.2) is 0 Å². The summed E-state index contributed by atoms with van der Waals surface area (Å²) in [5.74, 6) is 0.385. The van der Waals surface area contributed by atoms with Crippen LogP contribution in [0.5, 0.6) is 5.75 Å². The normalized spacial score (nSPS) is 11.2. The van der Waals surface area contributed by atoms with E-state index in [4.69, 9.17) is 4.74 Å². The molecule has 0 fully saturated rings. The van der Waals surface area contributed by atoms with Crippen LogP contribution < -0.4 is 15.4 Å². The van der Waals surface area contributed by atoms with Crippen molar-refractivity contribution in [2.24, 2.45) is 5.41 Å². The fraction of sp³-hybridized carbons (Fsp3) is 0.333. The third kappa shape index (κ3) is 4.63. The van der Waals surface area contributed by atoms with Crippen LogP contribution in [0.1, 0.15) is 39.2 Å². The van der Waals surface area contributed by atoms with Crippen molar-refractivity contribution in [3.8, 4) is 5.75 Å². The molecule has 0 aliphatic heterocycles. The van der Waals surface area contributed by atoms with Crippen LogP contribution in [-0.2, 0) is 9.59 Å². The van der Waals surface area contributed by atoms with Gasteiger partial charge in [0.05, 0.1) is 7.11 Å². The molecule has 2 rings (SSSR count). The Labute approximate surface area is 154 Å². The van der Waals surface area contributed by atoms with Crippen molar-refractivity contribution in [1.29, 1.82) is 0 Å². The summed E-state index contributed by atoms with van der Waals surface area (Å²) in [6.07, 6.45) is 0. The lowest BCUT2D eigenvalue weighted by Gasteiger charge is -2.23. The van der Waals surface area contributed by atoms with E-state index < -0.39 is 5.41 Å². The number of benzene rings is 2. The summed E-state index contributed by atoms with van der Waals surface area (Å²) in [4.78, 5) is 25.2. The number of rotatable bonds is 6. The average molecular weight is 354 g/mol. The van der Waals surface area contributed by atoms with E-state index in [1.807, 2.05) is 24.3 Å². The standard InChI is InChI=1S/C21H26N2O3/c1-14(2)15-6-8-16(9-7-15)22-19(24)21(3,4)20(25)23-17-10-12-18(26-5)13-11-17/h6-14H,1-5H3,(H,22,24)(H,23,25). The lowest BCUT2D eigenvalue weighted by Crippen LogP contribution is -2.41. The SMILES string of the molecule is COc1ccc(NC(=O)C(C)(C)C(=O)Nc2ccc(C(C)C)cc2)cc1. The Morgan fingerprint density at radius 2 is 1.27 bits per heavy atom. The van der Waals surface area contributed by atoms with E-state index in [1.165, 1.54) is 5.56 Å². The molecule has 2 N–H and O–H groups in total. The molecular weight excluding hydrogens is 328 g/mol. The maximum absolute atomic E-state index is 12.6. The summed E-state index contributed by atoms with van der Waals surface area (Å²) in [7, 11) is 1.58. The van der Waals surface area contributed by atoms with Crippen molar-refractivity contribution in [3.63, 3.8) is 0 Å². The molecule has 0 aliphatic rings. The van der Waals surface area contributed by atoms with Crippen molar-refractivity contribution in [2.75, 3.05) is 17.7 Å². The molecule has 5 nitrogen and oxygen atoms in total. The first-order chi connectivity index (χ1) is 12.2. The fourth-order valence-corrected chi connectivity index (χ4v) is 2.30. The molecule has 2 aromatic carbocycles. The quantitative estimate of drug-likeness (QED) is 0.755. The zero-order valence-electron chi connectivity index (χ0n) is 15.9. The minimum atomic E-state index is -1.23. The second-order valence-corrected chi connectivity index (χ2v) is 7.04. The van der Waals surface area contributed by atoms with E-state index in [1.54, 1.807) is 45.2 Å². The molecule has 0 aromatic heterocycles. The van der Waals surface area contributed by atoms with Gasteiger partial charge in [0, 0.05) is 11.4 Å². The van der Waals surface area contributed by atoms with Crippen LogP contribution >= 0.6 is 0 Å². The molecule has 0 saturated heterocycles. The molecule has 0 atom stereocenters. The lowest BCUT2D eigenvalue weighted by atomic mass is 9.90. The van der Waals surface area contributed by atoms with Crippen LogP contribution in [0.4, 0.5) is 11.4 Å². The predicted octanol–water partition coefficient (Wildman–Crippen LogP) is 4.42. The first kappa shape index (κ1) is 19.5. The highest BCUT2D eigenvalue weighted by atomic mass is 16.5. The molecule has 0 radical (unpaired) electrons. The maximum Gasteiger partial charge on any atom is 0.239 e. The van der Waals surface area contributed by atoms with Crippen LogP contribution in [0, 0.1) is 5.41 Å². The third-order valence-electron chi connectivity index (χ3n) is 4.32. The number of hydrogen-bond acceptors (Lipinski definition) is 3. The summed E-state index contributed by atoms with van der Waals surface area (Å²) in [6, 6.07) is 14.6. The molecule has 0 unspecified atom stereocenters. The molecule has 138 valence electrons. The van der Waals surface area contributed by atoms with E-state index in [9.17, 15) is 9.59 Å². The summed E-state index contributed by atoms with van der Waals surface area (Å²) < 4.78 is 5.09. The Bertz CT molecular complexity index is 763. The number of amides is 2. The molecule has 0 aliphatic carbocycles. The fourth-order valence-electron chi connectivity index (χ4n) is 2.30. The van der Waals surface area contributed by atoms with Gasteiger partial charge in [-0.2, -0.15) is 0 Å². The minimum absolute atomic E-state index is 0.360. The third-order valence-corrected chi connectivity index (χ3v) is 4.32. The van der Waals surface area contributed by atoms with Gasteiger partial charge in [-0.1, -0.05) is 26.0 Å². The molecule has 2 aromatic rings. The zero-order valence-corrected chi connectivity index (χ0v) is 15.9. The monoisotopic (exact) mass is 354 g/mol. The summed E-state index contributed by atoms with van der Waals surface area (Å²) in [5.41, 5.74) is 1.25. The van der Waals surface area contributed by atoms with E-state index in [0.29, 0.717) is 23.0 Å². The second kappa shape index (κ2) is 8.04. The van der Waals surface area contributed by atoms with E-state index in [0.717, 1.165) is 0 Å². The number of hydrogen-bond donors (Lipinski definition) is 2. The number of nitrogens with one attached hydrogen (secondary N) is 2. The van der Waals surface area contributed by atoms with Gasteiger partial charge in [0.15, 0.2) is 0 Å². The number of carbonyl (C=O) groups excluding carboxylic acids is 2. The zero-order chi connectivity index (χ0) is 19.3. The van der Waals surface area contributed by atoms with E-state index in [2.05, 4.69) is 24.5 Å². The highest BCUT2D eigenvalue weighted by Crippen LogP contribution is 2.24. The van der Waals surface area contributed by atoms with Gasteiger partial charge in [-0.15, -0.1) is 0 Å². The molecule has 0 saturated carbocycles. The van der Waals surface area contributed by atoms with Gasteiger partial charge in [0.2, 0.25) is 11.8 Å². The van der Waals surface area contributed by atoms with Crippen LogP contribution in [0.25, 0.3) is 0 Å². The van der Waals surface area contributed by atoms with Crippen LogP contribution in [-0.4, -0.2) is 18.9 Å². The molecule has 2 amide bonds. The predicted molar refractivity (Wildman–Crippen MR) is 105 cm³/mol. The number of carbonyl (C=O) groups is 2. The molecule has 26 heavy (non-hydrogen) atoms. The van der Waals surface area contributed by atoms with E-state index in [-0.39, 0.29) is 11.8 Å². The smallest absolute Gasteiger partial charge is 0.239 e. The Balaban J connectivity index is 2.04. The summed E-state index contributed by atoms with van der Waals surface area (Å²) in [5, 5.41) is 5.58. The highest BCUT2D eigenvalue weighted by Gasteiger charge is 2.36. The van der Waals surface area contributed by atoms with Crippen LogP contribution in [0.15, 0.2) is 48.5 Å². The van der Waals surface area contributed by atoms with Gasteiger partial charge in [0.25, 0.3) is 0 Å². The number of ether oxygens (including phenoxy) is 1. The van der Waals surface area contributed by atoms with Crippen molar-refractivity contribution in [1.82, 2.24) is 0 Å². The van der Waals surface area contributed by atoms with Crippen molar-refractivity contribution >= 4 is 23.2 Å². The first-order valence-corrected chi connectivity index (χ1v) is 8.61. The highest BCUT2D eigenvalue weighted by molar-refractivity contribution is 6.14. The topological polar surface area (TPSA) is 67.4 Å². The Kier molecular flexibility index (Phi) is 6.03. The Morgan fingerprint density at radius 3 is 1.65 bits per heavy atom. The van der Waals surface area contributed by atoms with Crippen molar-refractivity contribution < 1.29 is 14.3 Å². The molecule has 5 heteroatoms. The van der Waals surface area contributed by atoms with Gasteiger partial charge in [0.1, 0.15) is 11.2 Å². The average Bonchev–Trinajstić information content (AvgIpc) is 2.62. The molecular formula is C21H26N2O3. The van der Waals surface area contributed by atoms with Crippen LogP contribution in [0.2, 0.25) is 0 Å². The minimum Gasteiger partial charge on any atom is -0.497 e. The van der Waals surface area contributed by atoms with Crippen LogP contribution in [0.3, 0.4) is 0 Å². The molecule has 0 heterocycles. The van der Waals surface area contributed by atoms with E-state index >= 15 is 0 Å².